The van der Waals surface area contributed by atoms with Crippen LogP contribution in [0.3, 0.4) is 0 Å². The molecule has 6 heteroatoms. The summed E-state index contributed by atoms with van der Waals surface area (Å²) in [6.45, 7) is 1.96. The number of nitrogens with one attached hydrogen (secondary N) is 2. The van der Waals surface area contributed by atoms with Crippen molar-refractivity contribution in [3.8, 4) is 0 Å². The van der Waals surface area contributed by atoms with Crippen molar-refractivity contribution >= 4 is 40.7 Å². The first-order chi connectivity index (χ1) is 11.1. The first-order valence-corrected chi connectivity index (χ1v) is 8.70. The standard InChI is InChI=1S/C17H20Cl2N4/c1-11-10-15(21-12-6-3-2-4-7-12)23-17(20-11)22-14-9-5-8-13(18)16(14)19/h5,8-10,12H,2-4,6-7H2,1H3,(H2,20,21,22,23). The number of aryl methyl sites for hydroxylation is 1. The van der Waals surface area contributed by atoms with E-state index < -0.39 is 0 Å². The van der Waals surface area contributed by atoms with Gasteiger partial charge in [-0.05, 0) is 31.9 Å². The molecule has 0 spiro atoms. The maximum absolute atomic E-state index is 6.21. The van der Waals surface area contributed by atoms with E-state index in [1.54, 1.807) is 6.07 Å². The molecule has 0 aliphatic heterocycles. The second-order valence-corrected chi connectivity index (χ2v) is 6.71. The smallest absolute Gasteiger partial charge is 0.229 e. The highest BCUT2D eigenvalue weighted by Crippen LogP contribution is 2.31. The van der Waals surface area contributed by atoms with Crippen molar-refractivity contribution in [3.63, 3.8) is 0 Å². The molecular weight excluding hydrogens is 331 g/mol. The number of aromatic nitrogens is 2. The van der Waals surface area contributed by atoms with Crippen molar-refractivity contribution in [3.05, 3.63) is 40.0 Å². The van der Waals surface area contributed by atoms with Gasteiger partial charge in [0.25, 0.3) is 0 Å². The molecule has 1 aliphatic rings. The fourth-order valence-electron chi connectivity index (χ4n) is 2.88. The molecule has 0 saturated heterocycles. The van der Waals surface area contributed by atoms with Crippen molar-refractivity contribution in [1.82, 2.24) is 9.97 Å². The van der Waals surface area contributed by atoms with Crippen LogP contribution < -0.4 is 10.6 Å². The van der Waals surface area contributed by atoms with Crippen molar-refractivity contribution < 1.29 is 0 Å². The summed E-state index contributed by atoms with van der Waals surface area (Å²) >= 11 is 12.3. The van der Waals surface area contributed by atoms with Crippen LogP contribution in [0.5, 0.6) is 0 Å². The third-order valence-corrected chi connectivity index (χ3v) is 4.83. The van der Waals surface area contributed by atoms with Gasteiger partial charge in [0, 0.05) is 17.8 Å². The molecular formula is C17H20Cl2N4. The number of halogens is 2. The summed E-state index contributed by atoms with van der Waals surface area (Å²) in [5.41, 5.74) is 1.60. The molecule has 0 unspecified atom stereocenters. The molecule has 4 nitrogen and oxygen atoms in total. The van der Waals surface area contributed by atoms with E-state index in [9.17, 15) is 0 Å². The van der Waals surface area contributed by atoms with Crippen molar-refractivity contribution in [2.24, 2.45) is 0 Å². The lowest BCUT2D eigenvalue weighted by Crippen LogP contribution is -2.23. The van der Waals surface area contributed by atoms with Gasteiger partial charge >= 0.3 is 0 Å². The zero-order valence-corrected chi connectivity index (χ0v) is 14.6. The molecule has 0 bridgehead atoms. The minimum absolute atomic E-state index is 0.473. The van der Waals surface area contributed by atoms with E-state index in [-0.39, 0.29) is 0 Å². The molecule has 3 rings (SSSR count). The normalized spacial score (nSPS) is 15.4. The Bertz CT molecular complexity index is 684. The average Bonchev–Trinajstić information content (AvgIpc) is 2.52. The largest absolute Gasteiger partial charge is 0.367 e. The Kier molecular flexibility index (Phi) is 5.23. The molecule has 1 aliphatic carbocycles. The molecule has 0 atom stereocenters. The Morgan fingerprint density at radius 3 is 2.65 bits per heavy atom. The van der Waals surface area contributed by atoms with E-state index >= 15 is 0 Å². The molecule has 1 fully saturated rings. The van der Waals surface area contributed by atoms with Crippen molar-refractivity contribution in [1.29, 1.82) is 0 Å². The second kappa shape index (κ2) is 7.37. The maximum atomic E-state index is 6.21. The minimum Gasteiger partial charge on any atom is -0.367 e. The molecule has 0 radical (unpaired) electrons. The lowest BCUT2D eigenvalue weighted by atomic mass is 9.95. The van der Waals surface area contributed by atoms with Crippen LogP contribution in [0.1, 0.15) is 37.8 Å². The number of hydrogen-bond donors (Lipinski definition) is 2. The molecule has 2 N–H and O–H groups in total. The van der Waals surface area contributed by atoms with Crippen LogP contribution in [0, 0.1) is 6.92 Å². The van der Waals surface area contributed by atoms with Crippen LogP contribution in [-0.2, 0) is 0 Å². The summed E-state index contributed by atoms with van der Waals surface area (Å²) < 4.78 is 0. The first-order valence-electron chi connectivity index (χ1n) is 7.95. The Morgan fingerprint density at radius 1 is 1.09 bits per heavy atom. The molecule has 1 aromatic carbocycles. The van der Waals surface area contributed by atoms with Gasteiger partial charge in [-0.1, -0.05) is 48.5 Å². The summed E-state index contributed by atoms with van der Waals surface area (Å²) in [7, 11) is 0. The van der Waals surface area contributed by atoms with E-state index in [2.05, 4.69) is 20.6 Å². The van der Waals surface area contributed by atoms with Crippen LogP contribution in [0.4, 0.5) is 17.5 Å². The third-order valence-electron chi connectivity index (χ3n) is 4.01. The summed E-state index contributed by atoms with van der Waals surface area (Å²) in [4.78, 5) is 8.99. The van der Waals surface area contributed by atoms with Gasteiger partial charge in [-0.2, -0.15) is 4.98 Å². The molecule has 23 heavy (non-hydrogen) atoms. The summed E-state index contributed by atoms with van der Waals surface area (Å²) in [5, 5.41) is 7.65. The van der Waals surface area contributed by atoms with E-state index in [1.165, 1.54) is 32.1 Å². The van der Waals surface area contributed by atoms with Crippen LogP contribution in [0.25, 0.3) is 0 Å². The molecule has 0 amide bonds. The Morgan fingerprint density at radius 2 is 1.87 bits per heavy atom. The van der Waals surface area contributed by atoms with Crippen LogP contribution in [0.2, 0.25) is 10.0 Å². The summed E-state index contributed by atoms with van der Waals surface area (Å²) in [6, 6.07) is 7.92. The zero-order valence-electron chi connectivity index (χ0n) is 13.1. The molecule has 122 valence electrons. The Hall–Kier alpha value is -1.52. The van der Waals surface area contributed by atoms with Crippen LogP contribution in [0.15, 0.2) is 24.3 Å². The fourth-order valence-corrected chi connectivity index (χ4v) is 3.22. The van der Waals surface area contributed by atoms with Crippen LogP contribution >= 0.6 is 23.2 Å². The third kappa shape index (κ3) is 4.27. The average molecular weight is 351 g/mol. The Balaban J connectivity index is 1.78. The lowest BCUT2D eigenvalue weighted by Gasteiger charge is -2.23. The highest BCUT2D eigenvalue weighted by atomic mass is 35.5. The first kappa shape index (κ1) is 16.3. The Labute approximate surface area is 146 Å². The molecule has 2 aromatic rings. The van der Waals surface area contributed by atoms with Gasteiger partial charge in [0.05, 0.1) is 15.7 Å². The molecule has 1 saturated carbocycles. The van der Waals surface area contributed by atoms with E-state index in [0.29, 0.717) is 27.7 Å². The van der Waals surface area contributed by atoms with Gasteiger partial charge in [-0.3, -0.25) is 0 Å². The topological polar surface area (TPSA) is 49.8 Å². The van der Waals surface area contributed by atoms with Gasteiger partial charge in [0.2, 0.25) is 5.95 Å². The monoisotopic (exact) mass is 350 g/mol. The van der Waals surface area contributed by atoms with E-state index in [1.807, 2.05) is 25.1 Å². The predicted octanol–water partition coefficient (Wildman–Crippen LogP) is 5.58. The lowest BCUT2D eigenvalue weighted by molar-refractivity contribution is 0.462. The number of anilines is 3. The van der Waals surface area contributed by atoms with Gasteiger partial charge in [0.15, 0.2) is 0 Å². The van der Waals surface area contributed by atoms with Gasteiger partial charge in [-0.25, -0.2) is 4.98 Å². The number of benzene rings is 1. The molecule has 1 aromatic heterocycles. The minimum atomic E-state index is 0.473. The van der Waals surface area contributed by atoms with Gasteiger partial charge in [0.1, 0.15) is 5.82 Å². The predicted molar refractivity (Wildman–Crippen MR) is 97.0 cm³/mol. The fraction of sp³-hybridized carbons (Fsp3) is 0.412. The summed E-state index contributed by atoms with van der Waals surface area (Å²) in [6.07, 6.45) is 6.30. The number of nitrogens with zero attached hydrogens (tertiary/aromatic N) is 2. The quantitative estimate of drug-likeness (QED) is 0.755. The van der Waals surface area contributed by atoms with Gasteiger partial charge < -0.3 is 10.6 Å². The molecule has 1 heterocycles. The highest BCUT2D eigenvalue weighted by molar-refractivity contribution is 6.43. The zero-order chi connectivity index (χ0) is 16.2. The SMILES string of the molecule is Cc1cc(NC2CCCCC2)nc(Nc2cccc(Cl)c2Cl)n1. The number of hydrogen-bond acceptors (Lipinski definition) is 4. The highest BCUT2D eigenvalue weighted by Gasteiger charge is 2.14. The van der Waals surface area contributed by atoms with E-state index in [4.69, 9.17) is 23.2 Å². The van der Waals surface area contributed by atoms with Crippen molar-refractivity contribution in [2.75, 3.05) is 10.6 Å². The second-order valence-electron chi connectivity index (χ2n) is 5.92. The van der Waals surface area contributed by atoms with Gasteiger partial charge in [-0.15, -0.1) is 0 Å². The van der Waals surface area contributed by atoms with Crippen molar-refractivity contribution in [2.45, 2.75) is 45.1 Å². The number of rotatable bonds is 4. The van der Waals surface area contributed by atoms with Crippen LogP contribution in [-0.4, -0.2) is 16.0 Å². The maximum Gasteiger partial charge on any atom is 0.229 e. The summed E-state index contributed by atoms with van der Waals surface area (Å²) in [5.74, 6) is 1.37. The van der Waals surface area contributed by atoms with E-state index in [0.717, 1.165) is 11.5 Å².